The van der Waals surface area contributed by atoms with Gasteiger partial charge in [-0.3, -0.25) is 0 Å². The molecule has 0 bridgehead atoms. The largest absolute Gasteiger partial charge is 0.327 e. The van der Waals surface area contributed by atoms with Crippen LogP contribution in [0, 0.1) is 5.92 Å². The first-order valence-electron chi connectivity index (χ1n) is 5.03. The number of nitrogens with two attached hydrogens (primary N) is 1. The van der Waals surface area contributed by atoms with E-state index in [9.17, 15) is 0 Å². The molecule has 0 aliphatic carbocycles. The van der Waals surface area contributed by atoms with Crippen molar-refractivity contribution in [1.29, 1.82) is 0 Å². The maximum Gasteiger partial charge on any atom is 0.00650 e. The third-order valence-corrected chi connectivity index (χ3v) is 2.60. The molecule has 2 atom stereocenters. The molecule has 0 saturated heterocycles. The molecule has 1 aromatic rings. The minimum Gasteiger partial charge on any atom is -0.327 e. The number of benzene rings is 1. The van der Waals surface area contributed by atoms with Crippen molar-refractivity contribution < 1.29 is 0 Å². The van der Waals surface area contributed by atoms with Crippen molar-refractivity contribution >= 4 is 0 Å². The van der Waals surface area contributed by atoms with Crippen LogP contribution in [0.15, 0.2) is 30.3 Å². The molecule has 0 radical (unpaired) electrons. The van der Waals surface area contributed by atoms with Gasteiger partial charge >= 0.3 is 0 Å². The molecular formula is C12H19N. The number of hydrogen-bond donors (Lipinski definition) is 1. The van der Waals surface area contributed by atoms with Gasteiger partial charge in [0.15, 0.2) is 0 Å². The highest BCUT2D eigenvalue weighted by atomic mass is 14.6. The summed E-state index contributed by atoms with van der Waals surface area (Å²) < 4.78 is 0. The van der Waals surface area contributed by atoms with Gasteiger partial charge in [0.05, 0.1) is 0 Å². The highest BCUT2D eigenvalue weighted by Gasteiger charge is 2.10. The lowest BCUT2D eigenvalue weighted by Gasteiger charge is -2.17. The summed E-state index contributed by atoms with van der Waals surface area (Å²) in [5.41, 5.74) is 7.35. The van der Waals surface area contributed by atoms with E-state index in [0.29, 0.717) is 12.0 Å². The van der Waals surface area contributed by atoms with Gasteiger partial charge in [0.2, 0.25) is 0 Å². The van der Waals surface area contributed by atoms with Gasteiger partial charge in [-0.25, -0.2) is 0 Å². The third-order valence-electron chi connectivity index (χ3n) is 2.60. The van der Waals surface area contributed by atoms with Crippen LogP contribution in [-0.4, -0.2) is 6.04 Å². The second-order valence-corrected chi connectivity index (χ2v) is 3.74. The predicted octanol–water partition coefficient (Wildman–Crippen LogP) is 2.60. The van der Waals surface area contributed by atoms with Crippen LogP contribution in [0.1, 0.15) is 25.8 Å². The SMILES string of the molecule is CC[C@@H](N)[C@@H](C)Cc1ccccc1. The number of hydrogen-bond acceptors (Lipinski definition) is 1. The van der Waals surface area contributed by atoms with Gasteiger partial charge in [-0.15, -0.1) is 0 Å². The fourth-order valence-corrected chi connectivity index (χ4v) is 1.54. The molecule has 1 heteroatoms. The molecule has 0 aliphatic heterocycles. The zero-order valence-electron chi connectivity index (χ0n) is 8.53. The first kappa shape index (κ1) is 10.3. The van der Waals surface area contributed by atoms with Gasteiger partial charge in [-0.2, -0.15) is 0 Å². The molecule has 0 unspecified atom stereocenters. The molecule has 0 fully saturated rings. The van der Waals surface area contributed by atoms with E-state index in [2.05, 4.69) is 38.1 Å². The van der Waals surface area contributed by atoms with E-state index in [1.54, 1.807) is 0 Å². The van der Waals surface area contributed by atoms with Crippen LogP contribution in [0.4, 0.5) is 0 Å². The summed E-state index contributed by atoms with van der Waals surface area (Å²) in [5.74, 6) is 0.576. The van der Waals surface area contributed by atoms with Gasteiger partial charge in [0.1, 0.15) is 0 Å². The molecule has 1 rings (SSSR count). The number of rotatable bonds is 4. The van der Waals surface area contributed by atoms with Crippen molar-refractivity contribution in [3.8, 4) is 0 Å². The molecule has 0 spiro atoms. The zero-order valence-corrected chi connectivity index (χ0v) is 8.53. The minimum absolute atomic E-state index is 0.334. The Morgan fingerprint density at radius 2 is 1.85 bits per heavy atom. The molecule has 1 aromatic carbocycles. The summed E-state index contributed by atoms with van der Waals surface area (Å²) in [6.45, 7) is 4.37. The van der Waals surface area contributed by atoms with Gasteiger partial charge in [-0.05, 0) is 24.3 Å². The van der Waals surface area contributed by atoms with Crippen LogP contribution in [0.2, 0.25) is 0 Å². The first-order chi connectivity index (χ1) is 6.24. The van der Waals surface area contributed by atoms with Gasteiger partial charge < -0.3 is 5.73 Å². The van der Waals surface area contributed by atoms with Crippen molar-refractivity contribution in [2.75, 3.05) is 0 Å². The van der Waals surface area contributed by atoms with Crippen molar-refractivity contribution in [1.82, 2.24) is 0 Å². The van der Waals surface area contributed by atoms with E-state index in [-0.39, 0.29) is 0 Å². The molecule has 0 aliphatic rings. The van der Waals surface area contributed by atoms with Crippen LogP contribution in [0.25, 0.3) is 0 Å². The fraction of sp³-hybridized carbons (Fsp3) is 0.500. The Bertz CT molecular complexity index is 230. The van der Waals surface area contributed by atoms with E-state index < -0.39 is 0 Å². The average Bonchev–Trinajstić information content (AvgIpc) is 2.18. The fourth-order valence-electron chi connectivity index (χ4n) is 1.54. The lowest BCUT2D eigenvalue weighted by atomic mass is 9.93. The summed E-state index contributed by atoms with van der Waals surface area (Å²) in [7, 11) is 0. The van der Waals surface area contributed by atoms with E-state index in [0.717, 1.165) is 12.8 Å². The molecule has 0 saturated carbocycles. The highest BCUT2D eigenvalue weighted by molar-refractivity contribution is 5.15. The Labute approximate surface area is 81.0 Å². The second-order valence-electron chi connectivity index (χ2n) is 3.74. The van der Waals surface area contributed by atoms with Gasteiger partial charge in [0.25, 0.3) is 0 Å². The van der Waals surface area contributed by atoms with E-state index >= 15 is 0 Å². The standard InChI is InChI=1S/C12H19N/c1-3-12(13)10(2)9-11-7-5-4-6-8-11/h4-8,10,12H,3,9,13H2,1-2H3/t10-,12+/m0/s1. The normalized spacial score (nSPS) is 15.3. The van der Waals surface area contributed by atoms with Crippen LogP contribution in [0.5, 0.6) is 0 Å². The molecule has 13 heavy (non-hydrogen) atoms. The Balaban J connectivity index is 2.50. The van der Waals surface area contributed by atoms with Crippen LogP contribution in [-0.2, 0) is 6.42 Å². The summed E-state index contributed by atoms with van der Waals surface area (Å²) in [5, 5.41) is 0. The molecule has 72 valence electrons. The molecule has 1 nitrogen and oxygen atoms in total. The molecule has 2 N–H and O–H groups in total. The van der Waals surface area contributed by atoms with Crippen molar-refractivity contribution in [3.05, 3.63) is 35.9 Å². The highest BCUT2D eigenvalue weighted by Crippen LogP contribution is 2.12. The zero-order chi connectivity index (χ0) is 9.68. The van der Waals surface area contributed by atoms with E-state index in [4.69, 9.17) is 5.73 Å². The Hall–Kier alpha value is -0.820. The van der Waals surface area contributed by atoms with Crippen molar-refractivity contribution in [2.45, 2.75) is 32.7 Å². The van der Waals surface area contributed by atoms with Crippen molar-refractivity contribution in [3.63, 3.8) is 0 Å². The van der Waals surface area contributed by atoms with Gasteiger partial charge in [-0.1, -0.05) is 44.2 Å². The first-order valence-corrected chi connectivity index (χ1v) is 5.03. The molecule has 0 amide bonds. The maximum absolute atomic E-state index is 5.96. The van der Waals surface area contributed by atoms with Gasteiger partial charge in [0, 0.05) is 6.04 Å². The van der Waals surface area contributed by atoms with Crippen molar-refractivity contribution in [2.24, 2.45) is 11.7 Å². The third kappa shape index (κ3) is 3.19. The monoisotopic (exact) mass is 177 g/mol. The average molecular weight is 177 g/mol. The summed E-state index contributed by atoms with van der Waals surface area (Å²) >= 11 is 0. The molecular weight excluding hydrogens is 158 g/mol. The molecule has 0 aromatic heterocycles. The van der Waals surface area contributed by atoms with E-state index in [1.165, 1.54) is 5.56 Å². The Morgan fingerprint density at radius 3 is 2.38 bits per heavy atom. The summed E-state index contributed by atoms with van der Waals surface area (Å²) in [6, 6.07) is 10.9. The maximum atomic E-state index is 5.96. The summed E-state index contributed by atoms with van der Waals surface area (Å²) in [6.07, 6.45) is 2.16. The van der Waals surface area contributed by atoms with Crippen LogP contribution in [0.3, 0.4) is 0 Å². The summed E-state index contributed by atoms with van der Waals surface area (Å²) in [4.78, 5) is 0. The molecule has 0 heterocycles. The van der Waals surface area contributed by atoms with E-state index in [1.807, 2.05) is 6.07 Å². The lowest BCUT2D eigenvalue weighted by Crippen LogP contribution is -2.28. The smallest absolute Gasteiger partial charge is 0.00650 e. The topological polar surface area (TPSA) is 26.0 Å². The lowest BCUT2D eigenvalue weighted by molar-refractivity contribution is 0.442. The second kappa shape index (κ2) is 5.03. The van der Waals surface area contributed by atoms with Crippen LogP contribution < -0.4 is 5.73 Å². The Kier molecular flexibility index (Phi) is 3.97. The predicted molar refractivity (Wildman–Crippen MR) is 57.6 cm³/mol. The quantitative estimate of drug-likeness (QED) is 0.751. The van der Waals surface area contributed by atoms with Crippen LogP contribution >= 0.6 is 0 Å². The minimum atomic E-state index is 0.334. The Morgan fingerprint density at radius 1 is 1.23 bits per heavy atom.